The van der Waals surface area contributed by atoms with E-state index in [2.05, 4.69) is 5.32 Å². The van der Waals surface area contributed by atoms with Crippen LogP contribution < -0.4 is 5.32 Å². The lowest BCUT2D eigenvalue weighted by Crippen LogP contribution is -2.36. The summed E-state index contributed by atoms with van der Waals surface area (Å²) in [6, 6.07) is 7.10. The van der Waals surface area contributed by atoms with Crippen LogP contribution in [0.1, 0.15) is 44.1 Å². The number of aryl methyl sites for hydroxylation is 1. The zero-order valence-electron chi connectivity index (χ0n) is 13.9. The average Bonchev–Trinajstić information content (AvgIpc) is 2.54. The summed E-state index contributed by atoms with van der Waals surface area (Å²) in [7, 11) is -0.365. The SMILES string of the molecule is CN(C)S(=O)(=O)c1ccc(CCC(=O)NC2CCCCC2)cc1. The first-order valence-electron chi connectivity index (χ1n) is 8.20. The third kappa shape index (κ3) is 5.04. The molecule has 0 saturated heterocycles. The Labute approximate surface area is 139 Å². The Hall–Kier alpha value is -1.40. The number of hydrogen-bond acceptors (Lipinski definition) is 3. The summed E-state index contributed by atoms with van der Waals surface area (Å²) in [5.74, 6) is 0.0851. The number of carbonyl (C=O) groups is 1. The molecule has 0 heterocycles. The zero-order valence-corrected chi connectivity index (χ0v) is 14.7. The lowest BCUT2D eigenvalue weighted by atomic mass is 9.95. The molecule has 0 radical (unpaired) electrons. The van der Waals surface area contributed by atoms with Crippen LogP contribution in [0.2, 0.25) is 0 Å². The van der Waals surface area contributed by atoms with Crippen LogP contribution in [-0.4, -0.2) is 38.8 Å². The summed E-state index contributed by atoms with van der Waals surface area (Å²) in [6.45, 7) is 0. The van der Waals surface area contributed by atoms with Crippen molar-refractivity contribution in [1.29, 1.82) is 0 Å². The lowest BCUT2D eigenvalue weighted by molar-refractivity contribution is -0.121. The molecule has 0 bridgehead atoms. The number of hydrogen-bond donors (Lipinski definition) is 1. The van der Waals surface area contributed by atoms with Crippen molar-refractivity contribution in [3.63, 3.8) is 0 Å². The molecule has 0 atom stereocenters. The highest BCUT2D eigenvalue weighted by Crippen LogP contribution is 2.18. The van der Waals surface area contributed by atoms with Crippen LogP contribution in [0.25, 0.3) is 0 Å². The molecule has 1 N–H and O–H groups in total. The molecule has 1 aromatic rings. The maximum absolute atomic E-state index is 12.0. The van der Waals surface area contributed by atoms with Crippen molar-refractivity contribution in [3.05, 3.63) is 29.8 Å². The van der Waals surface area contributed by atoms with E-state index >= 15 is 0 Å². The number of rotatable bonds is 6. The van der Waals surface area contributed by atoms with E-state index in [0.717, 1.165) is 18.4 Å². The molecule has 0 aliphatic heterocycles. The second kappa shape index (κ2) is 7.93. The van der Waals surface area contributed by atoms with E-state index in [1.165, 1.54) is 37.7 Å². The second-order valence-corrected chi connectivity index (χ2v) is 8.49. The molecule has 6 heteroatoms. The van der Waals surface area contributed by atoms with Gasteiger partial charge in [0.2, 0.25) is 15.9 Å². The van der Waals surface area contributed by atoms with Crippen LogP contribution in [-0.2, 0) is 21.2 Å². The summed E-state index contributed by atoms with van der Waals surface area (Å²) in [4.78, 5) is 12.3. The Kier molecular flexibility index (Phi) is 6.18. The van der Waals surface area contributed by atoms with Crippen molar-refractivity contribution < 1.29 is 13.2 Å². The molecule has 0 spiro atoms. The topological polar surface area (TPSA) is 66.5 Å². The zero-order chi connectivity index (χ0) is 16.9. The molecule has 1 aromatic carbocycles. The highest BCUT2D eigenvalue weighted by Gasteiger charge is 2.17. The van der Waals surface area contributed by atoms with E-state index in [9.17, 15) is 13.2 Å². The first-order chi connectivity index (χ1) is 10.9. The van der Waals surface area contributed by atoms with Crippen molar-refractivity contribution in [2.45, 2.75) is 55.9 Å². The van der Waals surface area contributed by atoms with Gasteiger partial charge in [-0.3, -0.25) is 4.79 Å². The van der Waals surface area contributed by atoms with Gasteiger partial charge in [0.15, 0.2) is 0 Å². The normalized spacial score (nSPS) is 16.5. The van der Waals surface area contributed by atoms with Gasteiger partial charge in [0, 0.05) is 26.6 Å². The molecule has 0 unspecified atom stereocenters. The molecule has 0 aromatic heterocycles. The van der Waals surface area contributed by atoms with Gasteiger partial charge >= 0.3 is 0 Å². The smallest absolute Gasteiger partial charge is 0.242 e. The summed E-state index contributed by atoms with van der Waals surface area (Å²) >= 11 is 0. The molecule has 1 amide bonds. The van der Waals surface area contributed by atoms with Gasteiger partial charge in [-0.15, -0.1) is 0 Å². The number of carbonyl (C=O) groups excluding carboxylic acids is 1. The van der Waals surface area contributed by atoms with E-state index < -0.39 is 10.0 Å². The largest absolute Gasteiger partial charge is 0.353 e. The first kappa shape index (κ1) is 17.9. The fraction of sp³-hybridized carbons (Fsp3) is 0.588. The highest BCUT2D eigenvalue weighted by atomic mass is 32.2. The van der Waals surface area contributed by atoms with Crippen LogP contribution >= 0.6 is 0 Å². The Morgan fingerprint density at radius 1 is 1.13 bits per heavy atom. The standard InChI is InChI=1S/C17H26N2O3S/c1-19(2)23(21,22)16-11-8-14(9-12-16)10-13-17(20)18-15-6-4-3-5-7-15/h8-9,11-12,15H,3-7,10,13H2,1-2H3,(H,18,20). The highest BCUT2D eigenvalue weighted by molar-refractivity contribution is 7.89. The monoisotopic (exact) mass is 338 g/mol. The summed E-state index contributed by atoms with van der Waals surface area (Å²) in [5, 5.41) is 3.10. The molecular formula is C17H26N2O3S. The molecule has 1 fully saturated rings. The Bertz CT molecular complexity index is 618. The summed E-state index contributed by atoms with van der Waals surface area (Å²) in [6.07, 6.45) is 6.91. The molecule has 23 heavy (non-hydrogen) atoms. The minimum Gasteiger partial charge on any atom is -0.353 e. The molecular weight excluding hydrogens is 312 g/mol. The van der Waals surface area contributed by atoms with Crippen LogP contribution in [0, 0.1) is 0 Å². The van der Waals surface area contributed by atoms with Gasteiger partial charge in [0.25, 0.3) is 0 Å². The molecule has 128 valence electrons. The number of nitrogens with zero attached hydrogens (tertiary/aromatic N) is 1. The maximum Gasteiger partial charge on any atom is 0.242 e. The van der Waals surface area contributed by atoms with Crippen molar-refractivity contribution in [2.24, 2.45) is 0 Å². The first-order valence-corrected chi connectivity index (χ1v) is 9.64. The average molecular weight is 338 g/mol. The van der Waals surface area contributed by atoms with Gasteiger partial charge in [-0.2, -0.15) is 0 Å². The molecule has 5 nitrogen and oxygen atoms in total. The third-order valence-electron chi connectivity index (χ3n) is 4.31. The number of benzene rings is 1. The predicted molar refractivity (Wildman–Crippen MR) is 90.7 cm³/mol. The van der Waals surface area contributed by atoms with Crippen molar-refractivity contribution in [2.75, 3.05) is 14.1 Å². The predicted octanol–water partition coefficient (Wildman–Crippen LogP) is 2.32. The van der Waals surface area contributed by atoms with Crippen molar-refractivity contribution in [1.82, 2.24) is 9.62 Å². The Balaban J connectivity index is 1.85. The molecule has 2 rings (SSSR count). The van der Waals surface area contributed by atoms with Crippen molar-refractivity contribution in [3.8, 4) is 0 Å². The fourth-order valence-electron chi connectivity index (χ4n) is 2.84. The Morgan fingerprint density at radius 2 is 1.74 bits per heavy atom. The number of amides is 1. The number of sulfonamides is 1. The van der Waals surface area contributed by atoms with Gasteiger partial charge in [-0.05, 0) is 37.0 Å². The molecule has 1 aliphatic rings. The van der Waals surface area contributed by atoms with Crippen LogP contribution in [0.5, 0.6) is 0 Å². The van der Waals surface area contributed by atoms with E-state index in [-0.39, 0.29) is 10.8 Å². The van der Waals surface area contributed by atoms with Gasteiger partial charge in [-0.1, -0.05) is 31.4 Å². The number of nitrogens with one attached hydrogen (secondary N) is 1. The van der Waals surface area contributed by atoms with Crippen LogP contribution in [0.4, 0.5) is 0 Å². The molecule has 1 aliphatic carbocycles. The van der Waals surface area contributed by atoms with E-state index in [1.807, 2.05) is 0 Å². The third-order valence-corrected chi connectivity index (χ3v) is 6.14. The minimum absolute atomic E-state index is 0.0851. The van der Waals surface area contributed by atoms with Crippen LogP contribution in [0.15, 0.2) is 29.2 Å². The lowest BCUT2D eigenvalue weighted by Gasteiger charge is -2.22. The summed E-state index contributed by atoms with van der Waals surface area (Å²) in [5.41, 5.74) is 0.974. The minimum atomic E-state index is -3.39. The van der Waals surface area contributed by atoms with Crippen LogP contribution in [0.3, 0.4) is 0 Å². The van der Waals surface area contributed by atoms with Gasteiger partial charge in [-0.25, -0.2) is 12.7 Å². The van der Waals surface area contributed by atoms with Gasteiger partial charge in [0.05, 0.1) is 4.90 Å². The second-order valence-electron chi connectivity index (χ2n) is 6.33. The summed E-state index contributed by atoms with van der Waals surface area (Å²) < 4.78 is 25.2. The molecule has 1 saturated carbocycles. The Morgan fingerprint density at radius 3 is 2.30 bits per heavy atom. The van der Waals surface area contributed by atoms with Crippen molar-refractivity contribution >= 4 is 15.9 Å². The fourth-order valence-corrected chi connectivity index (χ4v) is 3.75. The maximum atomic E-state index is 12.0. The van der Waals surface area contributed by atoms with E-state index in [0.29, 0.717) is 18.9 Å². The van der Waals surface area contributed by atoms with Gasteiger partial charge in [0.1, 0.15) is 0 Å². The van der Waals surface area contributed by atoms with E-state index in [4.69, 9.17) is 0 Å². The van der Waals surface area contributed by atoms with E-state index in [1.54, 1.807) is 24.3 Å². The quantitative estimate of drug-likeness (QED) is 0.865. The van der Waals surface area contributed by atoms with Gasteiger partial charge < -0.3 is 5.32 Å².